The number of rotatable bonds is 26. The van der Waals surface area contributed by atoms with Crippen LogP contribution in [0, 0.1) is 27.7 Å². The number of hydrogen-bond donors (Lipinski definition) is 4. The molecular weight excluding hydrogens is 1630 g/mol. The molecule has 6 aromatic rings. The van der Waals surface area contributed by atoms with E-state index in [0.717, 1.165) is 22.3 Å². The topological polar surface area (TPSA) is 362 Å². The number of nitrogens with zero attached hydrogens (tertiary/aromatic N) is 10. The highest BCUT2D eigenvalue weighted by Crippen LogP contribution is 2.35. The number of aliphatic imine (C=N–C) groups is 2. The van der Waals surface area contributed by atoms with Crippen molar-refractivity contribution >= 4 is 63.1 Å². The van der Waals surface area contributed by atoms with Crippen LogP contribution in [0.4, 0.5) is 11.4 Å². The Balaban J connectivity index is 0.828. The number of ether oxygens (including phenoxy) is 12. The Morgan fingerprint density at radius 3 is 0.683 bits per heavy atom. The molecule has 0 radical (unpaired) electrons. The number of benzene rings is 6. The van der Waals surface area contributed by atoms with Crippen LogP contribution in [0.15, 0.2) is 163 Å². The molecule has 0 aromatic heterocycles. The fraction of sp³-hybridized carbons (Fsp3) is 0.537. The Hall–Kier alpha value is -7.46. The van der Waals surface area contributed by atoms with E-state index in [0.29, 0.717) is 154 Å². The van der Waals surface area contributed by atoms with E-state index in [9.17, 15) is 44.1 Å². The van der Waals surface area contributed by atoms with Gasteiger partial charge in [0, 0.05) is 143 Å². The Morgan fingerprint density at radius 2 is 0.483 bits per heavy atom. The highest BCUT2D eigenvalue weighted by molar-refractivity contribution is 7.90. The van der Waals surface area contributed by atoms with Crippen LogP contribution in [0.2, 0.25) is 0 Å². The molecule has 0 atom stereocenters. The summed E-state index contributed by atoms with van der Waals surface area (Å²) in [6, 6.07) is 36.9. The maximum atomic E-state index is 13.7. The maximum Gasteiger partial charge on any atom is 0.243 e. The van der Waals surface area contributed by atoms with Gasteiger partial charge in [0.2, 0.25) is 40.1 Å². The summed E-state index contributed by atoms with van der Waals surface area (Å²) in [5, 5.41) is 21.7. The van der Waals surface area contributed by atoms with Crippen molar-refractivity contribution in [1.29, 1.82) is 0 Å². The first-order chi connectivity index (χ1) is 58.1. The molecule has 0 unspecified atom stereocenters. The maximum absolute atomic E-state index is 13.7. The standard InChI is InChI=1S/C82H118N12O22S4/c1-67-5-15-73(16-6-67)117(97,98)91-37-53-105-45-25-87(26-46-106-54-38-91)33-61-113-77-23-13-71(65-79(77)115-63-35-89-29-49-109-57-41-93(42-58-110-50-30-89)119(101,102)75-19-9-69(3)10-20-75)83-81(85-95)82(86-96)84-72-14-24-78(114-62-34-88-27-47-107-55-39-92(40-56-108-48-28-88)118(99,100)74-17-7-68(2)8-18-74)80(66-72)116-64-36-90-31-51-111-59-43-94(44-60-112-52-32-90)120(103,104)76-21-11-70(4)12-22-76/h5-24,65-66,95-96H,25-64H2,1-4H3,(H,83,85)(H,84,86). The van der Waals surface area contributed by atoms with Gasteiger partial charge in [-0.1, -0.05) is 70.8 Å². The number of aryl methyl sites for hydroxylation is 4. The van der Waals surface area contributed by atoms with Gasteiger partial charge in [0.15, 0.2) is 34.7 Å². The van der Waals surface area contributed by atoms with Crippen LogP contribution in [0.1, 0.15) is 22.3 Å². The lowest BCUT2D eigenvalue weighted by Gasteiger charge is -2.26. The second-order valence-corrected chi connectivity index (χ2v) is 36.7. The van der Waals surface area contributed by atoms with Gasteiger partial charge in [0.05, 0.1) is 137 Å². The van der Waals surface area contributed by atoms with Crippen molar-refractivity contribution in [2.75, 3.05) is 263 Å². The number of amidine groups is 2. The van der Waals surface area contributed by atoms with Crippen molar-refractivity contribution in [3.05, 3.63) is 156 Å². The minimum atomic E-state index is -3.80. The predicted molar refractivity (Wildman–Crippen MR) is 451 cm³/mol. The lowest BCUT2D eigenvalue weighted by molar-refractivity contribution is 0.0482. The summed E-state index contributed by atoms with van der Waals surface area (Å²) in [6.07, 6.45) is 0. The average molecular weight is 1750 g/mol. The average Bonchev–Trinajstić information content (AvgIpc) is 0.826. The molecule has 120 heavy (non-hydrogen) atoms. The smallest absolute Gasteiger partial charge is 0.243 e. The molecule has 4 saturated heterocycles. The van der Waals surface area contributed by atoms with Gasteiger partial charge in [-0.05, 0) is 100 Å². The minimum absolute atomic E-state index is 0.140. The van der Waals surface area contributed by atoms with Gasteiger partial charge in [-0.25, -0.2) is 54.6 Å². The second-order valence-electron chi connectivity index (χ2n) is 28.9. The zero-order valence-corrected chi connectivity index (χ0v) is 72.4. The fourth-order valence-corrected chi connectivity index (χ4v) is 18.8. The van der Waals surface area contributed by atoms with E-state index in [1.807, 2.05) is 27.7 Å². The van der Waals surface area contributed by atoms with Crippen LogP contribution in [-0.4, -0.2) is 356 Å². The molecule has 0 spiro atoms. The summed E-state index contributed by atoms with van der Waals surface area (Å²) in [5.74, 6) is 0.710. The Morgan fingerprint density at radius 1 is 0.292 bits per heavy atom. The molecule has 0 bridgehead atoms. The van der Waals surface area contributed by atoms with E-state index in [1.165, 1.54) is 17.2 Å². The number of hydroxylamine groups is 2. The van der Waals surface area contributed by atoms with Gasteiger partial charge in [-0.2, -0.15) is 17.2 Å². The summed E-state index contributed by atoms with van der Waals surface area (Å²) < 4.78 is 189. The van der Waals surface area contributed by atoms with Crippen LogP contribution in [0.5, 0.6) is 23.0 Å². The van der Waals surface area contributed by atoms with Crippen LogP contribution < -0.4 is 29.9 Å². The lowest BCUT2D eigenvalue weighted by atomic mass is 10.2. The number of sulfonamides is 4. The van der Waals surface area contributed by atoms with Crippen molar-refractivity contribution in [2.24, 2.45) is 9.98 Å². The summed E-state index contributed by atoms with van der Waals surface area (Å²) >= 11 is 0. The largest absolute Gasteiger partial charge is 0.488 e. The first kappa shape index (κ1) is 94.8. The first-order valence-electron chi connectivity index (χ1n) is 40.6. The van der Waals surface area contributed by atoms with Crippen LogP contribution in [-0.2, 0) is 78.0 Å². The first-order valence-corrected chi connectivity index (χ1v) is 46.4. The van der Waals surface area contributed by atoms with Gasteiger partial charge < -0.3 is 56.8 Å². The fourth-order valence-electron chi connectivity index (χ4n) is 13.1. The number of hydrogen-bond acceptors (Lipinski definition) is 28. The zero-order chi connectivity index (χ0) is 85.0. The molecule has 4 N–H and O–H groups in total. The third kappa shape index (κ3) is 29.9. The minimum Gasteiger partial charge on any atom is -0.488 e. The monoisotopic (exact) mass is 1750 g/mol. The van der Waals surface area contributed by atoms with Crippen molar-refractivity contribution in [2.45, 2.75) is 47.3 Å². The second kappa shape index (κ2) is 49.1. The Bertz CT molecular complexity index is 4280. The zero-order valence-electron chi connectivity index (χ0n) is 69.2. The van der Waals surface area contributed by atoms with E-state index >= 15 is 0 Å². The van der Waals surface area contributed by atoms with E-state index < -0.39 is 40.1 Å². The third-order valence-corrected chi connectivity index (χ3v) is 28.0. The van der Waals surface area contributed by atoms with E-state index in [2.05, 4.69) is 40.5 Å². The van der Waals surface area contributed by atoms with Gasteiger partial charge in [-0.3, -0.25) is 30.0 Å². The van der Waals surface area contributed by atoms with E-state index in [1.54, 1.807) is 133 Å². The van der Waals surface area contributed by atoms with Crippen molar-refractivity contribution in [3.63, 3.8) is 0 Å². The Kier molecular flexibility index (Phi) is 38.8. The molecule has 10 rings (SSSR count). The van der Waals surface area contributed by atoms with E-state index in [-0.39, 0.29) is 174 Å². The highest BCUT2D eigenvalue weighted by atomic mass is 32.2. The van der Waals surface area contributed by atoms with Gasteiger partial charge >= 0.3 is 0 Å². The van der Waals surface area contributed by atoms with Crippen LogP contribution >= 0.6 is 0 Å². The van der Waals surface area contributed by atoms with Gasteiger partial charge in [0.25, 0.3) is 0 Å². The normalized spacial score (nSPS) is 19.1. The summed E-state index contributed by atoms with van der Waals surface area (Å²) in [5.41, 5.74) is 8.47. The molecule has 662 valence electrons. The molecule has 6 aromatic carbocycles. The molecule has 34 nitrogen and oxygen atoms in total. The summed E-state index contributed by atoms with van der Waals surface area (Å²) in [4.78, 5) is 18.7. The molecule has 4 aliphatic heterocycles. The summed E-state index contributed by atoms with van der Waals surface area (Å²) in [7, 11) is -15.2. The number of nitrogens with one attached hydrogen (secondary N) is 2. The van der Waals surface area contributed by atoms with Crippen molar-refractivity contribution in [1.82, 2.24) is 47.8 Å². The molecule has 4 fully saturated rings. The molecule has 0 aliphatic carbocycles. The lowest BCUT2D eigenvalue weighted by Crippen LogP contribution is -2.39. The Labute approximate surface area is 706 Å². The van der Waals surface area contributed by atoms with E-state index in [4.69, 9.17) is 56.8 Å². The predicted octanol–water partition coefficient (Wildman–Crippen LogP) is 5.31. The molecule has 38 heteroatoms. The van der Waals surface area contributed by atoms with Gasteiger partial charge in [-0.15, -0.1) is 0 Å². The molecule has 0 saturated carbocycles. The quantitative estimate of drug-likeness (QED) is 0.0303. The van der Waals surface area contributed by atoms with Crippen molar-refractivity contribution in [3.8, 4) is 23.0 Å². The SMILES string of the molecule is Cc1ccc(S(=O)(=O)N2CCOCCN(CCOc3ccc(N=C(NO)C(=Nc4ccc(OCCN5CCOCCN(S(=O)(=O)c6ccc(C)cc6)CCOCC5)c(OCCN5CCOCCN(S(=O)(=O)c6ccc(C)cc6)CCOCC5)c4)NO)cc3OCCN3CCOCCN(S(=O)(=O)c4ccc(C)cc4)CCOCC3)CCOCC2)cc1. The summed E-state index contributed by atoms with van der Waals surface area (Å²) in [6.45, 7) is 18.9. The van der Waals surface area contributed by atoms with Crippen LogP contribution in [0.25, 0.3) is 0 Å². The third-order valence-electron chi connectivity index (χ3n) is 20.4. The molecule has 4 heterocycles. The molecule has 0 amide bonds. The molecular formula is C82H118N12O22S4. The van der Waals surface area contributed by atoms with Gasteiger partial charge in [0.1, 0.15) is 26.4 Å². The van der Waals surface area contributed by atoms with Crippen LogP contribution in [0.3, 0.4) is 0 Å². The molecule has 4 aliphatic rings. The van der Waals surface area contributed by atoms with Crippen molar-refractivity contribution < 1.29 is 101 Å². The highest BCUT2D eigenvalue weighted by Gasteiger charge is 2.30.